The van der Waals surface area contributed by atoms with Crippen LogP contribution in [0.15, 0.2) is 53.0 Å². The van der Waals surface area contributed by atoms with E-state index in [1.807, 2.05) is 54.4 Å². The summed E-state index contributed by atoms with van der Waals surface area (Å²) in [4.78, 5) is 14.1. The normalized spacial score (nSPS) is 10.7. The van der Waals surface area contributed by atoms with E-state index in [1.54, 1.807) is 7.11 Å². The summed E-state index contributed by atoms with van der Waals surface area (Å²) < 4.78 is 6.38. The van der Waals surface area contributed by atoms with Crippen LogP contribution in [0, 0.1) is 0 Å². The molecule has 0 unspecified atom stereocenters. The maximum atomic E-state index is 12.1. The number of ether oxygens (including phenoxy) is 1. The second kappa shape index (κ2) is 9.45. The number of carbonyl (C=O) groups is 1. The number of para-hydroxylation sites is 1. The third-order valence-electron chi connectivity index (χ3n) is 3.72. The molecule has 0 aliphatic carbocycles. The van der Waals surface area contributed by atoms with Crippen molar-refractivity contribution in [2.75, 3.05) is 27.2 Å². The van der Waals surface area contributed by atoms with Gasteiger partial charge in [0, 0.05) is 17.6 Å². The molecule has 1 amide bonds. The van der Waals surface area contributed by atoms with E-state index >= 15 is 0 Å². The molecule has 0 fully saturated rings. The van der Waals surface area contributed by atoms with Gasteiger partial charge in [0.15, 0.2) is 0 Å². The Balaban J connectivity index is 1.76. The minimum Gasteiger partial charge on any atom is -0.496 e. The molecule has 0 saturated heterocycles. The highest BCUT2D eigenvalue weighted by atomic mass is 79.9. The van der Waals surface area contributed by atoms with Crippen molar-refractivity contribution in [1.29, 1.82) is 0 Å². The Hall–Kier alpha value is -1.85. The molecule has 0 aliphatic heterocycles. The summed E-state index contributed by atoms with van der Waals surface area (Å²) in [5, 5.41) is 2.97. The van der Waals surface area contributed by atoms with Crippen molar-refractivity contribution in [3.05, 3.63) is 64.1 Å². The number of halogens is 1. The van der Waals surface area contributed by atoms with Gasteiger partial charge >= 0.3 is 0 Å². The topological polar surface area (TPSA) is 41.6 Å². The van der Waals surface area contributed by atoms with Crippen LogP contribution in [0.2, 0.25) is 0 Å². The fraction of sp³-hybridized carbons (Fsp3) is 0.316. The van der Waals surface area contributed by atoms with E-state index in [-0.39, 0.29) is 5.91 Å². The third kappa shape index (κ3) is 5.65. The van der Waals surface area contributed by atoms with Crippen LogP contribution in [-0.4, -0.2) is 38.1 Å². The number of amides is 1. The van der Waals surface area contributed by atoms with Crippen LogP contribution in [-0.2, 0) is 17.8 Å². The first kappa shape index (κ1) is 18.5. The van der Waals surface area contributed by atoms with Gasteiger partial charge in [-0.15, -0.1) is 0 Å². The van der Waals surface area contributed by atoms with Crippen molar-refractivity contribution in [2.24, 2.45) is 0 Å². The predicted octanol–water partition coefficient (Wildman–Crippen LogP) is 3.25. The number of methoxy groups -OCH3 is 1. The molecule has 0 heterocycles. The molecule has 5 heteroatoms. The Morgan fingerprint density at radius 3 is 2.50 bits per heavy atom. The standard InChI is InChI=1S/C19H23BrN2O2/c1-22(13-16-8-3-5-9-17(16)20)14-19(23)21-12-11-15-7-4-6-10-18(15)24-2/h3-10H,11-14H2,1-2H3,(H,21,23). The van der Waals surface area contributed by atoms with Gasteiger partial charge in [0.1, 0.15) is 5.75 Å². The third-order valence-corrected chi connectivity index (χ3v) is 4.49. The van der Waals surface area contributed by atoms with Gasteiger partial charge in [0.2, 0.25) is 5.91 Å². The van der Waals surface area contributed by atoms with Crippen LogP contribution in [0.3, 0.4) is 0 Å². The molecule has 0 radical (unpaired) electrons. The fourth-order valence-electron chi connectivity index (χ4n) is 2.52. The van der Waals surface area contributed by atoms with E-state index in [4.69, 9.17) is 4.74 Å². The van der Waals surface area contributed by atoms with E-state index in [9.17, 15) is 4.79 Å². The molecule has 2 rings (SSSR count). The van der Waals surface area contributed by atoms with Gasteiger partial charge in [-0.05, 0) is 36.7 Å². The molecule has 2 aromatic rings. The minimum atomic E-state index is 0.0273. The van der Waals surface area contributed by atoms with Crippen molar-refractivity contribution >= 4 is 21.8 Å². The molecule has 0 bridgehead atoms. The van der Waals surface area contributed by atoms with Gasteiger partial charge in [0.25, 0.3) is 0 Å². The SMILES string of the molecule is COc1ccccc1CCNC(=O)CN(C)Cc1ccccc1Br. The lowest BCUT2D eigenvalue weighted by atomic mass is 10.1. The zero-order valence-electron chi connectivity index (χ0n) is 14.1. The Labute approximate surface area is 151 Å². The maximum Gasteiger partial charge on any atom is 0.234 e. The van der Waals surface area contributed by atoms with Crippen LogP contribution >= 0.6 is 15.9 Å². The molecule has 0 spiro atoms. The fourth-order valence-corrected chi connectivity index (χ4v) is 2.93. The molecular weight excluding hydrogens is 368 g/mol. The van der Waals surface area contributed by atoms with E-state index in [0.29, 0.717) is 13.1 Å². The number of hydrogen-bond donors (Lipinski definition) is 1. The highest BCUT2D eigenvalue weighted by Crippen LogP contribution is 2.18. The number of benzene rings is 2. The van der Waals surface area contributed by atoms with Crippen LogP contribution in [0.1, 0.15) is 11.1 Å². The second-order valence-corrected chi connectivity index (χ2v) is 6.53. The Morgan fingerprint density at radius 1 is 1.12 bits per heavy atom. The van der Waals surface area contributed by atoms with Crippen molar-refractivity contribution in [2.45, 2.75) is 13.0 Å². The average Bonchev–Trinajstić information content (AvgIpc) is 2.57. The van der Waals surface area contributed by atoms with Crippen molar-refractivity contribution in [3.63, 3.8) is 0 Å². The number of carbonyl (C=O) groups excluding carboxylic acids is 1. The molecule has 1 N–H and O–H groups in total. The van der Waals surface area contributed by atoms with Crippen molar-refractivity contribution in [3.8, 4) is 5.75 Å². The smallest absolute Gasteiger partial charge is 0.234 e. The van der Waals surface area contributed by atoms with Gasteiger partial charge in [-0.25, -0.2) is 0 Å². The lowest BCUT2D eigenvalue weighted by Gasteiger charge is -2.17. The summed E-state index contributed by atoms with van der Waals surface area (Å²) in [6, 6.07) is 15.9. The Kier molecular flexibility index (Phi) is 7.28. The van der Waals surface area contributed by atoms with Gasteiger partial charge in [-0.1, -0.05) is 52.3 Å². The average molecular weight is 391 g/mol. The summed E-state index contributed by atoms with van der Waals surface area (Å²) in [7, 11) is 3.60. The van der Waals surface area contributed by atoms with Gasteiger partial charge in [-0.3, -0.25) is 9.69 Å². The molecule has 0 aliphatic rings. The summed E-state index contributed by atoms with van der Waals surface area (Å²) >= 11 is 3.53. The van der Waals surface area contributed by atoms with Crippen molar-refractivity contribution < 1.29 is 9.53 Å². The van der Waals surface area contributed by atoms with E-state index in [2.05, 4.69) is 27.3 Å². The van der Waals surface area contributed by atoms with Crippen LogP contribution in [0.4, 0.5) is 0 Å². The Morgan fingerprint density at radius 2 is 1.79 bits per heavy atom. The van der Waals surface area contributed by atoms with Gasteiger partial charge in [-0.2, -0.15) is 0 Å². The number of likely N-dealkylation sites (N-methyl/N-ethyl adjacent to an activating group) is 1. The number of nitrogens with one attached hydrogen (secondary N) is 1. The summed E-state index contributed by atoms with van der Waals surface area (Å²) in [6.07, 6.45) is 0.754. The largest absolute Gasteiger partial charge is 0.496 e. The molecule has 4 nitrogen and oxygen atoms in total. The first-order valence-electron chi connectivity index (χ1n) is 7.90. The summed E-state index contributed by atoms with van der Waals surface area (Å²) in [5.74, 6) is 0.886. The Bertz CT molecular complexity index is 676. The molecule has 2 aromatic carbocycles. The molecular formula is C19H23BrN2O2. The maximum absolute atomic E-state index is 12.1. The quantitative estimate of drug-likeness (QED) is 0.751. The first-order valence-corrected chi connectivity index (χ1v) is 8.70. The lowest BCUT2D eigenvalue weighted by molar-refractivity contribution is -0.122. The molecule has 24 heavy (non-hydrogen) atoms. The van der Waals surface area contributed by atoms with Crippen molar-refractivity contribution in [1.82, 2.24) is 10.2 Å². The minimum absolute atomic E-state index is 0.0273. The molecule has 0 aromatic heterocycles. The highest BCUT2D eigenvalue weighted by molar-refractivity contribution is 9.10. The summed E-state index contributed by atoms with van der Waals surface area (Å²) in [5.41, 5.74) is 2.27. The highest BCUT2D eigenvalue weighted by Gasteiger charge is 2.09. The molecule has 0 atom stereocenters. The molecule has 0 saturated carbocycles. The van der Waals surface area contributed by atoms with E-state index in [1.165, 1.54) is 5.56 Å². The van der Waals surface area contributed by atoms with E-state index < -0.39 is 0 Å². The summed E-state index contributed by atoms with van der Waals surface area (Å²) in [6.45, 7) is 1.69. The monoisotopic (exact) mass is 390 g/mol. The predicted molar refractivity (Wildman–Crippen MR) is 100 cm³/mol. The lowest BCUT2D eigenvalue weighted by Crippen LogP contribution is -2.35. The van der Waals surface area contributed by atoms with Gasteiger partial charge in [0.05, 0.1) is 13.7 Å². The zero-order chi connectivity index (χ0) is 17.4. The number of hydrogen-bond acceptors (Lipinski definition) is 3. The number of rotatable bonds is 8. The first-order chi connectivity index (χ1) is 11.6. The van der Waals surface area contributed by atoms with Gasteiger partial charge < -0.3 is 10.1 Å². The second-order valence-electron chi connectivity index (χ2n) is 5.68. The number of nitrogens with zero attached hydrogens (tertiary/aromatic N) is 1. The van der Waals surface area contributed by atoms with E-state index in [0.717, 1.165) is 28.8 Å². The van der Waals surface area contributed by atoms with Crippen LogP contribution < -0.4 is 10.1 Å². The van der Waals surface area contributed by atoms with Crippen LogP contribution in [0.25, 0.3) is 0 Å². The molecule has 128 valence electrons. The zero-order valence-corrected chi connectivity index (χ0v) is 15.7. The van der Waals surface area contributed by atoms with Crippen LogP contribution in [0.5, 0.6) is 5.75 Å².